The molecule has 140 valence electrons. The van der Waals surface area contributed by atoms with Crippen molar-refractivity contribution in [3.05, 3.63) is 76.5 Å². The molecule has 2 aromatic carbocycles. The van der Waals surface area contributed by atoms with Crippen LogP contribution in [0.15, 0.2) is 55.1 Å². The van der Waals surface area contributed by atoms with Crippen molar-refractivity contribution < 1.29 is 14.3 Å². The Morgan fingerprint density at radius 3 is 2.59 bits per heavy atom. The summed E-state index contributed by atoms with van der Waals surface area (Å²) < 4.78 is 14.6. The van der Waals surface area contributed by atoms with Crippen molar-refractivity contribution in [2.24, 2.45) is 0 Å². The molecule has 1 aromatic heterocycles. The Kier molecular flexibility index (Phi) is 6.05. The van der Waals surface area contributed by atoms with E-state index in [-0.39, 0.29) is 24.0 Å². The standard InChI is InChI=1S/C18H15Cl2FN4O2/c19-12-1-6-15(16(20)7-12)17(26)8-25(14-4-2-13(21)3-5-14)18(27)9-24-11-22-10-23-24/h1-7,10-11,17,26H,8-9H2. The Morgan fingerprint density at radius 1 is 1.22 bits per heavy atom. The van der Waals surface area contributed by atoms with Crippen LogP contribution >= 0.6 is 23.2 Å². The van der Waals surface area contributed by atoms with E-state index in [1.165, 1.54) is 52.6 Å². The molecule has 1 atom stereocenters. The summed E-state index contributed by atoms with van der Waals surface area (Å²) in [6, 6.07) is 10.1. The van der Waals surface area contributed by atoms with Crippen LogP contribution in [0.5, 0.6) is 0 Å². The van der Waals surface area contributed by atoms with Crippen molar-refractivity contribution >= 4 is 34.8 Å². The van der Waals surface area contributed by atoms with E-state index in [2.05, 4.69) is 10.1 Å². The van der Waals surface area contributed by atoms with E-state index in [0.29, 0.717) is 16.3 Å². The number of carbonyl (C=O) groups excluding carboxylic acids is 1. The lowest BCUT2D eigenvalue weighted by Gasteiger charge is -2.26. The summed E-state index contributed by atoms with van der Waals surface area (Å²) >= 11 is 12.0. The molecule has 6 nitrogen and oxygen atoms in total. The van der Waals surface area contributed by atoms with Gasteiger partial charge in [-0.15, -0.1) is 0 Å². The van der Waals surface area contributed by atoms with Gasteiger partial charge in [-0.05, 0) is 36.4 Å². The van der Waals surface area contributed by atoms with Crippen LogP contribution < -0.4 is 4.90 Å². The van der Waals surface area contributed by atoms with Gasteiger partial charge in [-0.3, -0.25) is 4.79 Å². The van der Waals surface area contributed by atoms with Crippen molar-refractivity contribution in [1.29, 1.82) is 0 Å². The van der Waals surface area contributed by atoms with Gasteiger partial charge in [-0.1, -0.05) is 29.3 Å². The third-order valence-electron chi connectivity index (χ3n) is 3.88. The highest BCUT2D eigenvalue weighted by molar-refractivity contribution is 6.35. The molecule has 0 saturated heterocycles. The van der Waals surface area contributed by atoms with Crippen molar-refractivity contribution in [2.45, 2.75) is 12.6 Å². The smallest absolute Gasteiger partial charge is 0.248 e. The van der Waals surface area contributed by atoms with Crippen LogP contribution in [0.3, 0.4) is 0 Å². The van der Waals surface area contributed by atoms with E-state index in [4.69, 9.17) is 23.2 Å². The van der Waals surface area contributed by atoms with Crippen molar-refractivity contribution in [2.75, 3.05) is 11.4 Å². The zero-order valence-corrected chi connectivity index (χ0v) is 15.5. The second-order valence-corrected chi connectivity index (χ2v) is 6.60. The van der Waals surface area contributed by atoms with E-state index in [9.17, 15) is 14.3 Å². The molecule has 3 aromatic rings. The zero-order valence-electron chi connectivity index (χ0n) is 14.0. The molecule has 1 amide bonds. The van der Waals surface area contributed by atoms with E-state index in [1.54, 1.807) is 12.1 Å². The van der Waals surface area contributed by atoms with Gasteiger partial charge in [0.15, 0.2) is 0 Å². The Labute approximate surface area is 164 Å². The molecule has 1 N–H and O–H groups in total. The fraction of sp³-hybridized carbons (Fsp3) is 0.167. The number of carbonyl (C=O) groups is 1. The van der Waals surface area contributed by atoms with E-state index in [0.717, 1.165) is 0 Å². The third kappa shape index (κ3) is 4.82. The number of aromatic nitrogens is 3. The molecule has 0 radical (unpaired) electrons. The van der Waals surface area contributed by atoms with Gasteiger partial charge in [0, 0.05) is 21.3 Å². The summed E-state index contributed by atoms with van der Waals surface area (Å²) in [5.41, 5.74) is 0.868. The summed E-state index contributed by atoms with van der Waals surface area (Å²) in [6.45, 7) is -0.168. The number of nitrogens with zero attached hydrogens (tertiary/aromatic N) is 4. The molecule has 0 bridgehead atoms. The monoisotopic (exact) mass is 408 g/mol. The first-order valence-electron chi connectivity index (χ1n) is 7.95. The van der Waals surface area contributed by atoms with Gasteiger partial charge in [0.1, 0.15) is 25.0 Å². The van der Waals surface area contributed by atoms with Crippen molar-refractivity contribution in [3.63, 3.8) is 0 Å². The predicted octanol–water partition coefficient (Wildman–Crippen LogP) is 3.49. The Morgan fingerprint density at radius 2 is 1.96 bits per heavy atom. The molecule has 27 heavy (non-hydrogen) atoms. The van der Waals surface area contributed by atoms with Gasteiger partial charge in [0.05, 0.1) is 12.6 Å². The minimum atomic E-state index is -1.07. The maximum absolute atomic E-state index is 13.3. The lowest BCUT2D eigenvalue weighted by molar-refractivity contribution is -0.119. The molecule has 0 aliphatic rings. The molecular formula is C18H15Cl2FN4O2. The molecule has 0 aliphatic carbocycles. The second kappa shape index (κ2) is 8.47. The van der Waals surface area contributed by atoms with Crippen LogP contribution in [-0.4, -0.2) is 32.3 Å². The van der Waals surface area contributed by atoms with Crippen molar-refractivity contribution in [1.82, 2.24) is 14.8 Å². The first kappa shape index (κ1) is 19.3. The maximum Gasteiger partial charge on any atom is 0.248 e. The third-order valence-corrected chi connectivity index (χ3v) is 4.44. The van der Waals surface area contributed by atoms with Gasteiger partial charge in [-0.25, -0.2) is 14.1 Å². The van der Waals surface area contributed by atoms with Crippen LogP contribution in [0, 0.1) is 5.82 Å². The van der Waals surface area contributed by atoms with Crippen LogP contribution in [0.4, 0.5) is 10.1 Å². The minimum absolute atomic E-state index is 0.0828. The van der Waals surface area contributed by atoms with E-state index < -0.39 is 11.9 Å². The summed E-state index contributed by atoms with van der Waals surface area (Å²) in [7, 11) is 0. The Balaban J connectivity index is 1.86. The molecule has 0 aliphatic heterocycles. The molecule has 3 rings (SSSR count). The molecule has 0 spiro atoms. The number of anilines is 1. The summed E-state index contributed by atoms with van der Waals surface area (Å²) in [6.07, 6.45) is 1.66. The topological polar surface area (TPSA) is 71.2 Å². The van der Waals surface area contributed by atoms with Gasteiger partial charge < -0.3 is 10.0 Å². The number of amides is 1. The molecule has 9 heteroatoms. The predicted molar refractivity (Wildman–Crippen MR) is 100 cm³/mol. The summed E-state index contributed by atoms with van der Waals surface area (Å²) in [5, 5.41) is 15.3. The maximum atomic E-state index is 13.3. The van der Waals surface area contributed by atoms with Crippen LogP contribution in [0.2, 0.25) is 10.0 Å². The number of aliphatic hydroxyl groups excluding tert-OH is 1. The number of hydrogen-bond acceptors (Lipinski definition) is 4. The van der Waals surface area contributed by atoms with Gasteiger partial charge in [0.2, 0.25) is 5.91 Å². The zero-order chi connectivity index (χ0) is 19.4. The SMILES string of the molecule is O=C(Cn1cncn1)N(CC(O)c1ccc(Cl)cc1Cl)c1ccc(F)cc1. The number of halogens is 3. The van der Waals surface area contributed by atoms with Crippen LogP contribution in [0.1, 0.15) is 11.7 Å². The van der Waals surface area contributed by atoms with Crippen molar-refractivity contribution in [3.8, 4) is 0 Å². The van der Waals surface area contributed by atoms with E-state index >= 15 is 0 Å². The summed E-state index contributed by atoms with van der Waals surface area (Å²) in [5.74, 6) is -0.778. The van der Waals surface area contributed by atoms with Gasteiger partial charge in [0.25, 0.3) is 0 Å². The van der Waals surface area contributed by atoms with Crippen LogP contribution in [-0.2, 0) is 11.3 Å². The molecule has 1 heterocycles. The molecular weight excluding hydrogens is 394 g/mol. The number of benzene rings is 2. The van der Waals surface area contributed by atoms with Crippen LogP contribution in [0.25, 0.3) is 0 Å². The van der Waals surface area contributed by atoms with Gasteiger partial charge in [-0.2, -0.15) is 5.10 Å². The largest absolute Gasteiger partial charge is 0.386 e. The second-order valence-electron chi connectivity index (χ2n) is 5.76. The highest BCUT2D eigenvalue weighted by atomic mass is 35.5. The average Bonchev–Trinajstić information content (AvgIpc) is 3.13. The Hall–Kier alpha value is -2.48. The highest BCUT2D eigenvalue weighted by Gasteiger charge is 2.22. The van der Waals surface area contributed by atoms with Gasteiger partial charge >= 0.3 is 0 Å². The lowest BCUT2D eigenvalue weighted by Crippen LogP contribution is -2.37. The lowest BCUT2D eigenvalue weighted by atomic mass is 10.1. The molecule has 0 fully saturated rings. The number of rotatable bonds is 6. The molecule has 0 saturated carbocycles. The molecule has 1 unspecified atom stereocenters. The number of aliphatic hydroxyl groups is 1. The average molecular weight is 409 g/mol. The minimum Gasteiger partial charge on any atom is -0.386 e. The Bertz CT molecular complexity index is 920. The highest BCUT2D eigenvalue weighted by Crippen LogP contribution is 2.28. The first-order valence-corrected chi connectivity index (χ1v) is 8.71. The van der Waals surface area contributed by atoms with E-state index in [1.807, 2.05) is 0 Å². The summed E-state index contributed by atoms with van der Waals surface area (Å²) in [4.78, 5) is 17.9. The quantitative estimate of drug-likeness (QED) is 0.677. The first-order chi connectivity index (χ1) is 12.9. The normalized spacial score (nSPS) is 12.0. The number of hydrogen-bond donors (Lipinski definition) is 1. The fourth-order valence-corrected chi connectivity index (χ4v) is 3.09. The fourth-order valence-electron chi connectivity index (χ4n) is 2.55.